The van der Waals surface area contributed by atoms with Crippen LogP contribution in [0.3, 0.4) is 0 Å². The Morgan fingerprint density at radius 1 is 0.905 bits per heavy atom. The van der Waals surface area contributed by atoms with Gasteiger partial charge >= 0.3 is 0 Å². The number of aliphatic imine (C=N–C) groups is 1. The van der Waals surface area contributed by atoms with Crippen molar-refractivity contribution in [3.05, 3.63) is 30.3 Å². The van der Waals surface area contributed by atoms with Gasteiger partial charge in [-0.3, -0.25) is 0 Å². The van der Waals surface area contributed by atoms with E-state index in [1.165, 1.54) is 30.7 Å². The van der Waals surface area contributed by atoms with Crippen LogP contribution in [0.2, 0.25) is 0 Å². The van der Waals surface area contributed by atoms with Gasteiger partial charge in [-0.05, 0) is 67.9 Å². The summed E-state index contributed by atoms with van der Waals surface area (Å²) in [6.45, 7) is 0. The summed E-state index contributed by atoms with van der Waals surface area (Å²) < 4.78 is 0.501. The molecule has 4 bridgehead atoms. The first kappa shape index (κ1) is 13.1. The van der Waals surface area contributed by atoms with Crippen LogP contribution >= 0.6 is 23.5 Å². The predicted molar refractivity (Wildman–Crippen MR) is 93.4 cm³/mol. The van der Waals surface area contributed by atoms with E-state index in [2.05, 4.69) is 53.9 Å². The third-order valence-electron chi connectivity index (χ3n) is 5.98. The monoisotopic (exact) mass is 315 g/mol. The van der Waals surface area contributed by atoms with Crippen molar-refractivity contribution in [2.45, 2.75) is 36.2 Å². The molecule has 1 saturated heterocycles. The molecule has 1 spiro atoms. The molecule has 5 aliphatic rings. The van der Waals surface area contributed by atoms with E-state index in [1.807, 2.05) is 0 Å². The third-order valence-corrected chi connectivity index (χ3v) is 9.76. The molecule has 4 aliphatic carbocycles. The van der Waals surface area contributed by atoms with Crippen LogP contribution in [0, 0.1) is 23.7 Å². The Balaban J connectivity index is 1.43. The Hall–Kier alpha value is -0.410. The largest absolute Gasteiger partial charge is 0.246 e. The second kappa shape index (κ2) is 4.79. The molecular formula is C18H21NS2. The molecule has 0 unspecified atom stereocenters. The molecule has 6 rings (SSSR count). The zero-order chi connectivity index (χ0) is 13.9. The van der Waals surface area contributed by atoms with Crippen LogP contribution in [0.15, 0.2) is 35.3 Å². The Morgan fingerprint density at radius 3 is 2.24 bits per heavy atom. The molecular weight excluding hydrogens is 294 g/mol. The molecule has 1 aromatic rings. The molecule has 110 valence electrons. The van der Waals surface area contributed by atoms with E-state index >= 15 is 0 Å². The third kappa shape index (κ3) is 2.03. The minimum absolute atomic E-state index is 0.501. The van der Waals surface area contributed by atoms with Gasteiger partial charge in [0, 0.05) is 5.75 Å². The summed E-state index contributed by atoms with van der Waals surface area (Å²) >= 11 is 4.40. The molecule has 0 amide bonds. The topological polar surface area (TPSA) is 12.4 Å². The number of rotatable bonds is 1. The van der Waals surface area contributed by atoms with Gasteiger partial charge < -0.3 is 0 Å². The summed E-state index contributed by atoms with van der Waals surface area (Å²) in [6, 6.07) is 10.5. The van der Waals surface area contributed by atoms with Gasteiger partial charge in [-0.2, -0.15) is 0 Å². The molecule has 5 fully saturated rings. The Morgan fingerprint density at radius 2 is 1.57 bits per heavy atom. The zero-order valence-corrected chi connectivity index (χ0v) is 13.8. The van der Waals surface area contributed by atoms with E-state index in [9.17, 15) is 0 Å². The van der Waals surface area contributed by atoms with Crippen molar-refractivity contribution in [1.82, 2.24) is 0 Å². The maximum atomic E-state index is 4.92. The summed E-state index contributed by atoms with van der Waals surface area (Å²) in [4.78, 5) is 4.92. The average Bonchev–Trinajstić information content (AvgIpc) is 2.90. The smallest absolute Gasteiger partial charge is 0.0852 e. The van der Waals surface area contributed by atoms with Gasteiger partial charge in [0.05, 0.1) is 14.8 Å². The van der Waals surface area contributed by atoms with Crippen molar-refractivity contribution in [3.8, 4) is 0 Å². The molecule has 1 aromatic carbocycles. The lowest BCUT2D eigenvalue weighted by Gasteiger charge is -2.59. The van der Waals surface area contributed by atoms with E-state index in [4.69, 9.17) is 4.99 Å². The fraction of sp³-hybridized carbons (Fsp3) is 0.611. The maximum absolute atomic E-state index is 4.92. The van der Waals surface area contributed by atoms with Crippen molar-refractivity contribution in [3.63, 3.8) is 0 Å². The SMILES string of the molecule is c1ccc(N=C2CSC3(S2)C2CC4CC(C2)CC3C4)cc1. The number of para-hydroxylation sites is 1. The number of benzene rings is 1. The maximum Gasteiger partial charge on any atom is 0.0852 e. The first-order valence-corrected chi connectivity index (χ1v) is 10.1. The molecule has 0 atom stereocenters. The van der Waals surface area contributed by atoms with E-state index < -0.39 is 0 Å². The fourth-order valence-corrected chi connectivity index (χ4v) is 8.98. The van der Waals surface area contributed by atoms with Gasteiger partial charge in [-0.1, -0.05) is 30.0 Å². The number of thioether (sulfide) groups is 2. The first-order chi connectivity index (χ1) is 10.3. The van der Waals surface area contributed by atoms with Gasteiger partial charge in [-0.15, -0.1) is 11.8 Å². The normalized spacial score (nSPS) is 45.8. The van der Waals surface area contributed by atoms with Crippen molar-refractivity contribution in [2.75, 3.05) is 5.75 Å². The van der Waals surface area contributed by atoms with E-state index in [-0.39, 0.29) is 0 Å². The molecule has 1 aliphatic heterocycles. The minimum atomic E-state index is 0.501. The van der Waals surface area contributed by atoms with Gasteiger partial charge in [0.2, 0.25) is 0 Å². The van der Waals surface area contributed by atoms with E-state index in [0.717, 1.165) is 35.1 Å². The van der Waals surface area contributed by atoms with Crippen LogP contribution in [0.4, 0.5) is 5.69 Å². The summed E-state index contributed by atoms with van der Waals surface area (Å²) in [7, 11) is 0. The fourth-order valence-electron chi connectivity index (χ4n) is 5.36. The highest BCUT2D eigenvalue weighted by Crippen LogP contribution is 2.69. The summed E-state index contributed by atoms with van der Waals surface area (Å²) in [6.07, 6.45) is 7.57. The summed E-state index contributed by atoms with van der Waals surface area (Å²) in [5.74, 6) is 5.20. The van der Waals surface area contributed by atoms with Gasteiger partial charge in [-0.25, -0.2) is 4.99 Å². The Kier molecular flexibility index (Phi) is 2.98. The lowest BCUT2D eigenvalue weighted by Crippen LogP contribution is -2.53. The highest BCUT2D eigenvalue weighted by Gasteiger charge is 2.60. The minimum Gasteiger partial charge on any atom is -0.246 e. The van der Waals surface area contributed by atoms with Crippen LogP contribution < -0.4 is 0 Å². The summed E-state index contributed by atoms with van der Waals surface area (Å²) in [5.41, 5.74) is 1.13. The molecule has 0 aromatic heterocycles. The van der Waals surface area contributed by atoms with Gasteiger partial charge in [0.15, 0.2) is 0 Å². The van der Waals surface area contributed by atoms with Crippen LogP contribution in [-0.4, -0.2) is 14.9 Å². The average molecular weight is 316 g/mol. The second-order valence-corrected chi connectivity index (χ2v) is 10.1. The molecule has 21 heavy (non-hydrogen) atoms. The van der Waals surface area contributed by atoms with Crippen molar-refractivity contribution in [1.29, 1.82) is 0 Å². The number of hydrogen-bond acceptors (Lipinski definition) is 3. The molecule has 0 N–H and O–H groups in total. The van der Waals surface area contributed by atoms with Crippen LogP contribution in [-0.2, 0) is 0 Å². The summed E-state index contributed by atoms with van der Waals surface area (Å²) in [5, 5.41) is 1.37. The Bertz CT molecular complexity index is 552. The van der Waals surface area contributed by atoms with Gasteiger partial charge in [0.25, 0.3) is 0 Å². The van der Waals surface area contributed by atoms with Gasteiger partial charge in [0.1, 0.15) is 0 Å². The molecule has 0 radical (unpaired) electrons. The van der Waals surface area contributed by atoms with Crippen molar-refractivity contribution in [2.24, 2.45) is 28.7 Å². The lowest BCUT2D eigenvalue weighted by molar-refractivity contribution is 0.0161. The predicted octanol–water partition coefficient (Wildman–Crippen LogP) is 5.35. The highest BCUT2D eigenvalue weighted by atomic mass is 32.2. The van der Waals surface area contributed by atoms with E-state index in [1.54, 1.807) is 6.42 Å². The second-order valence-electron chi connectivity index (χ2n) is 7.26. The lowest BCUT2D eigenvalue weighted by atomic mass is 9.56. The van der Waals surface area contributed by atoms with E-state index in [0.29, 0.717) is 4.08 Å². The van der Waals surface area contributed by atoms with Crippen molar-refractivity contribution < 1.29 is 0 Å². The first-order valence-electron chi connectivity index (χ1n) is 8.27. The van der Waals surface area contributed by atoms with Crippen LogP contribution in [0.5, 0.6) is 0 Å². The molecule has 4 saturated carbocycles. The number of hydrogen-bond donors (Lipinski definition) is 0. The molecule has 1 heterocycles. The highest BCUT2D eigenvalue weighted by molar-refractivity contribution is 8.31. The number of nitrogens with zero attached hydrogens (tertiary/aromatic N) is 1. The quantitative estimate of drug-likeness (QED) is 0.692. The van der Waals surface area contributed by atoms with Crippen molar-refractivity contribution >= 4 is 34.3 Å². The Labute approximate surface area is 135 Å². The standard InChI is InChI=1S/C18H21NS2/c1-2-4-16(5-3-1)19-17-11-20-18(21-17)14-7-12-6-13(9-14)10-15(18)8-12/h1-5,12-15H,6-11H2. The molecule has 3 heteroatoms. The zero-order valence-electron chi connectivity index (χ0n) is 12.2. The van der Waals surface area contributed by atoms with Crippen LogP contribution in [0.25, 0.3) is 0 Å². The van der Waals surface area contributed by atoms with Crippen LogP contribution in [0.1, 0.15) is 32.1 Å². The molecule has 1 nitrogen and oxygen atoms in total.